The van der Waals surface area contributed by atoms with Crippen LogP contribution in [0.2, 0.25) is 0 Å². The van der Waals surface area contributed by atoms with E-state index in [1.54, 1.807) is 21.0 Å². The van der Waals surface area contributed by atoms with Gasteiger partial charge in [0.25, 0.3) is 0 Å². The monoisotopic (exact) mass is 265 g/mol. The van der Waals surface area contributed by atoms with Crippen molar-refractivity contribution in [2.24, 2.45) is 5.41 Å². The van der Waals surface area contributed by atoms with Gasteiger partial charge in [0.1, 0.15) is 11.5 Å². The molecule has 0 spiro atoms. The number of hydrogen-bond donors (Lipinski definition) is 1. The maximum Gasteiger partial charge on any atom is 0.244 e. The Morgan fingerprint density at radius 1 is 1.21 bits per heavy atom. The number of carbonyl (C=O) groups excluding carboxylic acids is 2. The lowest BCUT2D eigenvalue weighted by molar-refractivity contribution is -0.136. The first-order valence-electron chi connectivity index (χ1n) is 6.86. The van der Waals surface area contributed by atoms with Crippen molar-refractivity contribution in [2.75, 3.05) is 14.1 Å². The second-order valence-electron chi connectivity index (χ2n) is 5.54. The number of carbonyl (C=O) groups is 2. The van der Waals surface area contributed by atoms with Crippen LogP contribution in [0.15, 0.2) is 0 Å². The minimum atomic E-state index is -0.947. The lowest BCUT2D eigenvalue weighted by atomic mass is 9.81. The van der Waals surface area contributed by atoms with E-state index >= 15 is 0 Å². The molecule has 19 heavy (non-hydrogen) atoms. The van der Waals surface area contributed by atoms with Crippen LogP contribution in [-0.2, 0) is 9.59 Å². The fourth-order valence-electron chi connectivity index (χ4n) is 2.51. The predicted molar refractivity (Wildman–Crippen MR) is 72.0 cm³/mol. The van der Waals surface area contributed by atoms with Gasteiger partial charge in [-0.05, 0) is 19.8 Å². The smallest absolute Gasteiger partial charge is 0.244 e. The van der Waals surface area contributed by atoms with Crippen LogP contribution in [0.5, 0.6) is 0 Å². The van der Waals surface area contributed by atoms with Crippen molar-refractivity contribution in [1.82, 2.24) is 10.2 Å². The number of nitrogens with one attached hydrogen (secondary N) is 1. The van der Waals surface area contributed by atoms with Crippen molar-refractivity contribution in [3.63, 3.8) is 0 Å². The summed E-state index contributed by atoms with van der Waals surface area (Å²) in [5, 5.41) is 12.1. The van der Waals surface area contributed by atoms with Crippen molar-refractivity contribution < 1.29 is 9.59 Å². The van der Waals surface area contributed by atoms with E-state index < -0.39 is 11.5 Å². The quantitative estimate of drug-likeness (QED) is 0.785. The molecule has 1 atom stereocenters. The first-order valence-corrected chi connectivity index (χ1v) is 6.86. The molecule has 106 valence electrons. The van der Waals surface area contributed by atoms with E-state index in [4.69, 9.17) is 0 Å². The van der Waals surface area contributed by atoms with Crippen LogP contribution in [0, 0.1) is 16.7 Å². The molecule has 0 radical (unpaired) electrons. The zero-order valence-corrected chi connectivity index (χ0v) is 12.0. The molecule has 5 heteroatoms. The van der Waals surface area contributed by atoms with Gasteiger partial charge in [-0.25, -0.2) is 0 Å². The Balaban J connectivity index is 2.74. The summed E-state index contributed by atoms with van der Waals surface area (Å²) < 4.78 is 0. The lowest BCUT2D eigenvalue weighted by Gasteiger charge is -2.26. The highest BCUT2D eigenvalue weighted by Gasteiger charge is 2.39. The second-order valence-corrected chi connectivity index (χ2v) is 5.54. The van der Waals surface area contributed by atoms with Gasteiger partial charge in [0, 0.05) is 14.1 Å². The van der Waals surface area contributed by atoms with Gasteiger partial charge in [-0.3, -0.25) is 9.59 Å². The molecule has 1 fully saturated rings. The molecule has 0 heterocycles. The molecule has 1 saturated carbocycles. The van der Waals surface area contributed by atoms with Gasteiger partial charge < -0.3 is 10.2 Å². The summed E-state index contributed by atoms with van der Waals surface area (Å²) in [6.45, 7) is 1.65. The molecule has 1 unspecified atom stereocenters. The Hall–Kier alpha value is -1.57. The van der Waals surface area contributed by atoms with Crippen LogP contribution in [0.3, 0.4) is 0 Å². The van der Waals surface area contributed by atoms with Gasteiger partial charge in [0.15, 0.2) is 0 Å². The molecule has 0 bridgehead atoms. The number of hydrogen-bond acceptors (Lipinski definition) is 3. The molecule has 0 aromatic heterocycles. The van der Waals surface area contributed by atoms with Crippen LogP contribution >= 0.6 is 0 Å². The number of rotatable bonds is 3. The lowest BCUT2D eigenvalue weighted by Crippen LogP contribution is -2.49. The molecule has 0 aromatic rings. The summed E-state index contributed by atoms with van der Waals surface area (Å²) in [4.78, 5) is 25.5. The third-order valence-corrected chi connectivity index (χ3v) is 3.76. The van der Waals surface area contributed by atoms with Crippen molar-refractivity contribution in [3.8, 4) is 6.07 Å². The average Bonchev–Trinajstić information content (AvgIpc) is 2.63. The summed E-state index contributed by atoms with van der Waals surface area (Å²) in [5.74, 6) is -0.449. The summed E-state index contributed by atoms with van der Waals surface area (Å²) >= 11 is 0. The van der Waals surface area contributed by atoms with E-state index in [0.29, 0.717) is 12.8 Å². The largest absolute Gasteiger partial charge is 0.347 e. The fourth-order valence-corrected chi connectivity index (χ4v) is 2.51. The Bertz CT molecular complexity index is 377. The topological polar surface area (TPSA) is 73.2 Å². The Labute approximate surface area is 115 Å². The maximum absolute atomic E-state index is 12.3. The van der Waals surface area contributed by atoms with E-state index in [2.05, 4.69) is 11.4 Å². The Morgan fingerprint density at radius 3 is 2.16 bits per heavy atom. The van der Waals surface area contributed by atoms with Crippen LogP contribution in [0.4, 0.5) is 0 Å². The standard InChI is InChI=1S/C14H23N3O2/c1-11(12(18)17(2)3)16-13(19)14(10-15)8-6-4-5-7-9-14/h11H,4-9H2,1-3H3,(H,16,19). The third-order valence-electron chi connectivity index (χ3n) is 3.76. The minimum absolute atomic E-state index is 0.157. The predicted octanol–water partition coefficient (Wildman–Crippen LogP) is 1.44. The maximum atomic E-state index is 12.3. The van der Waals surface area contributed by atoms with Gasteiger partial charge >= 0.3 is 0 Å². The van der Waals surface area contributed by atoms with E-state index in [0.717, 1.165) is 25.7 Å². The molecular weight excluding hydrogens is 242 g/mol. The third kappa shape index (κ3) is 3.69. The Morgan fingerprint density at radius 2 is 1.74 bits per heavy atom. The zero-order chi connectivity index (χ0) is 14.5. The first kappa shape index (κ1) is 15.5. The number of nitriles is 1. The van der Waals surface area contributed by atoms with Crippen LogP contribution < -0.4 is 5.32 Å². The molecule has 1 aliphatic carbocycles. The van der Waals surface area contributed by atoms with Crippen molar-refractivity contribution in [3.05, 3.63) is 0 Å². The summed E-state index contributed by atoms with van der Waals surface area (Å²) in [7, 11) is 3.30. The second kappa shape index (κ2) is 6.55. The first-order chi connectivity index (χ1) is 8.93. The molecule has 1 rings (SSSR count). The van der Waals surface area contributed by atoms with E-state index in [1.165, 1.54) is 4.90 Å². The summed E-state index contributed by atoms with van der Waals surface area (Å²) in [6.07, 6.45) is 5.14. The summed E-state index contributed by atoms with van der Waals surface area (Å²) in [5.41, 5.74) is -0.947. The number of nitrogens with zero attached hydrogens (tertiary/aromatic N) is 2. The van der Waals surface area contributed by atoms with Gasteiger partial charge in [0.2, 0.25) is 11.8 Å². The zero-order valence-electron chi connectivity index (χ0n) is 12.0. The molecule has 0 aromatic carbocycles. The number of likely N-dealkylation sites (N-methyl/N-ethyl adjacent to an activating group) is 1. The van der Waals surface area contributed by atoms with Gasteiger partial charge in [-0.1, -0.05) is 25.7 Å². The molecule has 1 aliphatic rings. The van der Waals surface area contributed by atoms with Gasteiger partial charge in [-0.15, -0.1) is 0 Å². The minimum Gasteiger partial charge on any atom is -0.347 e. The van der Waals surface area contributed by atoms with Crippen LogP contribution in [-0.4, -0.2) is 36.9 Å². The molecule has 2 amide bonds. The van der Waals surface area contributed by atoms with E-state index in [1.807, 2.05) is 0 Å². The highest BCUT2D eigenvalue weighted by molar-refractivity contribution is 5.91. The molecular formula is C14H23N3O2. The van der Waals surface area contributed by atoms with Crippen LogP contribution in [0.1, 0.15) is 45.4 Å². The van der Waals surface area contributed by atoms with Crippen molar-refractivity contribution in [2.45, 2.75) is 51.5 Å². The number of amides is 2. The van der Waals surface area contributed by atoms with Gasteiger partial charge in [-0.2, -0.15) is 5.26 Å². The van der Waals surface area contributed by atoms with Crippen molar-refractivity contribution >= 4 is 11.8 Å². The van der Waals surface area contributed by atoms with Crippen molar-refractivity contribution in [1.29, 1.82) is 5.26 Å². The fraction of sp³-hybridized carbons (Fsp3) is 0.786. The van der Waals surface area contributed by atoms with Gasteiger partial charge in [0.05, 0.1) is 6.07 Å². The molecule has 0 aliphatic heterocycles. The summed E-state index contributed by atoms with van der Waals surface area (Å²) in [6, 6.07) is 1.61. The molecule has 1 N–H and O–H groups in total. The average molecular weight is 265 g/mol. The SMILES string of the molecule is CC(NC(=O)C1(C#N)CCCCCC1)C(=O)N(C)C. The normalized spacial score (nSPS) is 19.7. The van der Waals surface area contributed by atoms with Crippen LogP contribution in [0.25, 0.3) is 0 Å². The molecule has 5 nitrogen and oxygen atoms in total. The highest BCUT2D eigenvalue weighted by atomic mass is 16.2. The van der Waals surface area contributed by atoms with E-state index in [9.17, 15) is 14.9 Å². The Kier molecular flexibility index (Phi) is 5.34. The molecule has 0 saturated heterocycles. The van der Waals surface area contributed by atoms with E-state index in [-0.39, 0.29) is 11.8 Å². The highest BCUT2D eigenvalue weighted by Crippen LogP contribution is 2.34.